The van der Waals surface area contributed by atoms with Crippen LogP contribution in [0.1, 0.15) is 16.1 Å². The summed E-state index contributed by atoms with van der Waals surface area (Å²) in [5.74, 6) is -0.844. The van der Waals surface area contributed by atoms with Crippen molar-refractivity contribution in [3.63, 3.8) is 0 Å². The van der Waals surface area contributed by atoms with Gasteiger partial charge in [0.25, 0.3) is 0 Å². The number of alkyl halides is 3. The zero-order valence-corrected chi connectivity index (χ0v) is 15.5. The largest absolute Gasteiger partial charge is 0.464 e. The molecule has 2 rings (SSSR count). The molecule has 25 heavy (non-hydrogen) atoms. The number of esters is 1. The maximum absolute atomic E-state index is 13.3. The van der Waals surface area contributed by atoms with Crippen molar-refractivity contribution in [3.8, 4) is 0 Å². The number of pyridine rings is 1. The second-order valence-corrected chi connectivity index (χ2v) is 12.4. The van der Waals surface area contributed by atoms with Gasteiger partial charge in [-0.1, -0.05) is 19.6 Å². The van der Waals surface area contributed by atoms with Crippen molar-refractivity contribution in [2.45, 2.75) is 38.6 Å². The lowest BCUT2D eigenvalue weighted by molar-refractivity contribution is -0.136. The van der Waals surface area contributed by atoms with Gasteiger partial charge in [-0.25, -0.2) is 14.8 Å². The number of fused-ring (bicyclic) bond motifs is 1. The van der Waals surface area contributed by atoms with Crippen LogP contribution in [-0.4, -0.2) is 42.3 Å². The highest BCUT2D eigenvalue weighted by Gasteiger charge is 2.36. The molecule has 0 aliphatic rings. The number of imidazole rings is 1. The first-order chi connectivity index (χ1) is 11.5. The van der Waals surface area contributed by atoms with Gasteiger partial charge in [0, 0.05) is 20.9 Å². The zero-order chi connectivity index (χ0) is 18.8. The minimum absolute atomic E-state index is 0.0886. The van der Waals surface area contributed by atoms with Crippen molar-refractivity contribution >= 4 is 25.1 Å². The molecule has 0 aliphatic carbocycles. The molecule has 0 fully saturated rings. The Morgan fingerprint density at radius 2 is 1.96 bits per heavy atom. The quantitative estimate of drug-likeness (QED) is 0.439. The van der Waals surface area contributed by atoms with Crippen molar-refractivity contribution in [1.82, 2.24) is 14.5 Å². The zero-order valence-electron chi connectivity index (χ0n) is 14.5. The van der Waals surface area contributed by atoms with E-state index in [1.165, 1.54) is 10.9 Å². The topological polar surface area (TPSA) is 66.2 Å². The maximum atomic E-state index is 13.3. The minimum Gasteiger partial charge on any atom is -0.464 e. The Balaban J connectivity index is 2.39. The Bertz CT molecular complexity index is 769. The van der Waals surface area contributed by atoms with Crippen molar-refractivity contribution in [2.75, 3.05) is 13.7 Å². The molecule has 2 aromatic heterocycles. The summed E-state index contributed by atoms with van der Waals surface area (Å²) in [4.78, 5) is 19.2. The van der Waals surface area contributed by atoms with Gasteiger partial charge in [0.15, 0.2) is 5.69 Å². The molecule has 0 bridgehead atoms. The Hall–Kier alpha value is -1.94. The van der Waals surface area contributed by atoms with E-state index in [-0.39, 0.29) is 23.5 Å². The monoisotopic (exact) mass is 375 g/mol. The van der Waals surface area contributed by atoms with Gasteiger partial charge in [0.2, 0.25) is 0 Å². The van der Waals surface area contributed by atoms with Crippen LogP contribution >= 0.6 is 0 Å². The number of rotatable bonds is 6. The fraction of sp³-hybridized carbons (Fsp3) is 0.533. The summed E-state index contributed by atoms with van der Waals surface area (Å²) >= 11 is 0. The number of halogens is 3. The molecule has 0 atom stereocenters. The molecular weight excluding hydrogens is 355 g/mol. The average Bonchev–Trinajstić information content (AvgIpc) is 2.92. The Labute approximate surface area is 144 Å². The third-order valence-electron chi connectivity index (χ3n) is 3.55. The summed E-state index contributed by atoms with van der Waals surface area (Å²) in [5.41, 5.74) is -1.63. The van der Waals surface area contributed by atoms with E-state index in [4.69, 9.17) is 4.74 Å². The van der Waals surface area contributed by atoms with Gasteiger partial charge in [-0.3, -0.25) is 0 Å². The van der Waals surface area contributed by atoms with Crippen molar-refractivity contribution in [2.24, 2.45) is 0 Å². The van der Waals surface area contributed by atoms with E-state index in [2.05, 4.69) is 34.3 Å². The van der Waals surface area contributed by atoms with Gasteiger partial charge >= 0.3 is 12.1 Å². The van der Waals surface area contributed by atoms with Crippen LogP contribution in [0.3, 0.4) is 0 Å². The molecule has 2 aromatic rings. The van der Waals surface area contributed by atoms with Crippen LogP contribution in [0.2, 0.25) is 25.7 Å². The van der Waals surface area contributed by atoms with Crippen LogP contribution in [0.15, 0.2) is 12.5 Å². The number of methoxy groups -OCH3 is 1. The number of carbonyl (C=O) groups excluding carboxylic acids is 1. The van der Waals surface area contributed by atoms with E-state index in [9.17, 15) is 18.0 Å². The lowest BCUT2D eigenvalue weighted by Crippen LogP contribution is -2.22. The predicted octanol–water partition coefficient (Wildman–Crippen LogP) is 3.55. The van der Waals surface area contributed by atoms with Gasteiger partial charge in [-0.2, -0.15) is 13.2 Å². The van der Waals surface area contributed by atoms with E-state index < -0.39 is 25.8 Å². The standard InChI is InChI=1S/C15H20F3N3O3Si/c1-23-14(22)12-11-13(10(7-19-12)15(16,17)18)21(8-20-11)9-24-5-6-25(2,3)4/h7-8H,5-6,9H2,1-4H3. The molecule has 10 heteroatoms. The summed E-state index contributed by atoms with van der Waals surface area (Å²) in [6, 6.07) is 0.890. The summed E-state index contributed by atoms with van der Waals surface area (Å²) < 4.78 is 51.2. The Kier molecular flexibility index (Phi) is 5.52. The third kappa shape index (κ3) is 4.57. The smallest absolute Gasteiger partial charge is 0.419 e. The fourth-order valence-electron chi connectivity index (χ4n) is 2.18. The second-order valence-electron chi connectivity index (χ2n) is 6.77. The number of hydrogen-bond acceptors (Lipinski definition) is 5. The molecule has 0 unspecified atom stereocenters. The van der Waals surface area contributed by atoms with E-state index in [1.807, 2.05) is 0 Å². The van der Waals surface area contributed by atoms with Crippen molar-refractivity contribution in [3.05, 3.63) is 23.8 Å². The van der Waals surface area contributed by atoms with Crippen LogP contribution in [0.4, 0.5) is 13.2 Å². The molecule has 0 aromatic carbocycles. The summed E-state index contributed by atoms with van der Waals surface area (Å²) in [5, 5.41) is 0. The molecule has 0 aliphatic heterocycles. The number of aromatic nitrogens is 3. The minimum atomic E-state index is -4.63. The Morgan fingerprint density at radius 1 is 1.28 bits per heavy atom. The highest BCUT2D eigenvalue weighted by Crippen LogP contribution is 2.35. The van der Waals surface area contributed by atoms with E-state index in [0.717, 1.165) is 13.2 Å². The molecule has 0 saturated carbocycles. The SMILES string of the molecule is COC(=O)c1ncc(C(F)(F)F)c2c1ncn2COCC[Si](C)(C)C. The van der Waals surface area contributed by atoms with E-state index in [1.54, 1.807) is 0 Å². The summed E-state index contributed by atoms with van der Waals surface area (Å²) in [7, 11) is -0.175. The first kappa shape index (κ1) is 19.4. The predicted molar refractivity (Wildman–Crippen MR) is 88.0 cm³/mol. The number of hydrogen-bond donors (Lipinski definition) is 0. The third-order valence-corrected chi connectivity index (χ3v) is 5.25. The summed E-state index contributed by atoms with van der Waals surface area (Å²) in [6.45, 7) is 6.90. The number of carbonyl (C=O) groups is 1. The number of nitrogens with zero attached hydrogens (tertiary/aromatic N) is 3. The average molecular weight is 375 g/mol. The molecule has 0 amide bonds. The van der Waals surface area contributed by atoms with Gasteiger partial charge in [-0.05, 0) is 6.04 Å². The van der Waals surface area contributed by atoms with E-state index >= 15 is 0 Å². The molecule has 6 nitrogen and oxygen atoms in total. The molecule has 0 N–H and O–H groups in total. The molecular formula is C15H20F3N3O3Si. The van der Waals surface area contributed by atoms with Crippen molar-refractivity contribution < 1.29 is 27.4 Å². The summed E-state index contributed by atoms with van der Waals surface area (Å²) in [6.07, 6.45) is -2.80. The Morgan fingerprint density at radius 3 is 2.52 bits per heavy atom. The molecule has 0 saturated heterocycles. The van der Waals surface area contributed by atoms with Crippen LogP contribution in [-0.2, 0) is 22.4 Å². The highest BCUT2D eigenvalue weighted by atomic mass is 28.3. The molecule has 0 radical (unpaired) electrons. The lowest BCUT2D eigenvalue weighted by atomic mass is 10.2. The van der Waals surface area contributed by atoms with E-state index in [0.29, 0.717) is 12.8 Å². The van der Waals surface area contributed by atoms with Gasteiger partial charge < -0.3 is 14.0 Å². The molecule has 2 heterocycles. The fourth-order valence-corrected chi connectivity index (χ4v) is 2.94. The second kappa shape index (κ2) is 7.12. The van der Waals surface area contributed by atoms with Gasteiger partial charge in [0.05, 0.1) is 24.5 Å². The first-order valence-electron chi connectivity index (χ1n) is 7.61. The van der Waals surface area contributed by atoms with Crippen molar-refractivity contribution in [1.29, 1.82) is 0 Å². The first-order valence-corrected chi connectivity index (χ1v) is 11.3. The molecule has 0 spiro atoms. The van der Waals surface area contributed by atoms with Crippen LogP contribution < -0.4 is 0 Å². The van der Waals surface area contributed by atoms with Gasteiger partial charge in [-0.15, -0.1) is 0 Å². The highest BCUT2D eigenvalue weighted by molar-refractivity contribution is 6.76. The lowest BCUT2D eigenvalue weighted by Gasteiger charge is -2.16. The van der Waals surface area contributed by atoms with Crippen LogP contribution in [0, 0.1) is 0 Å². The normalized spacial score (nSPS) is 12.6. The number of ether oxygens (including phenoxy) is 2. The van der Waals surface area contributed by atoms with Crippen LogP contribution in [0.25, 0.3) is 11.0 Å². The molecule has 138 valence electrons. The van der Waals surface area contributed by atoms with Crippen LogP contribution in [0.5, 0.6) is 0 Å². The van der Waals surface area contributed by atoms with Gasteiger partial charge in [0.1, 0.15) is 12.2 Å². The maximum Gasteiger partial charge on any atom is 0.419 e.